The van der Waals surface area contributed by atoms with Crippen LogP contribution in [0.25, 0.3) is 11.3 Å². The largest absolute Gasteiger partial charge is 0.497 e. The normalized spacial score (nSPS) is 13.2. The van der Waals surface area contributed by atoms with E-state index in [0.717, 1.165) is 40.8 Å². The average Bonchev–Trinajstić information content (AvgIpc) is 2.68. The molecule has 2 aromatic carbocycles. The van der Waals surface area contributed by atoms with Crippen LogP contribution in [0.15, 0.2) is 48.5 Å². The van der Waals surface area contributed by atoms with Crippen molar-refractivity contribution in [1.82, 2.24) is 9.97 Å². The van der Waals surface area contributed by atoms with E-state index in [2.05, 4.69) is 33.5 Å². The molecule has 132 valence electrons. The molecule has 0 unspecified atom stereocenters. The first-order valence-corrected chi connectivity index (χ1v) is 9.11. The number of hydrogen-bond donors (Lipinski definition) is 1. The van der Waals surface area contributed by atoms with Gasteiger partial charge in [0.1, 0.15) is 17.4 Å². The van der Waals surface area contributed by atoms with E-state index < -0.39 is 0 Å². The van der Waals surface area contributed by atoms with Gasteiger partial charge in [0.15, 0.2) is 0 Å². The molecule has 1 aromatic heterocycles. The van der Waals surface area contributed by atoms with Crippen molar-refractivity contribution in [2.75, 3.05) is 12.4 Å². The molecule has 26 heavy (non-hydrogen) atoms. The van der Waals surface area contributed by atoms with E-state index in [9.17, 15) is 0 Å². The molecule has 4 rings (SSSR count). The molecule has 0 aliphatic heterocycles. The van der Waals surface area contributed by atoms with Crippen molar-refractivity contribution in [2.24, 2.45) is 0 Å². The smallest absolute Gasteiger partial charge is 0.134 e. The van der Waals surface area contributed by atoms with Gasteiger partial charge in [-0.05, 0) is 61.9 Å². The van der Waals surface area contributed by atoms with Gasteiger partial charge in [-0.15, -0.1) is 0 Å². The Morgan fingerprint density at radius 1 is 0.962 bits per heavy atom. The Kier molecular flexibility index (Phi) is 4.57. The lowest BCUT2D eigenvalue weighted by Crippen LogP contribution is -2.07. The fourth-order valence-electron chi connectivity index (χ4n) is 3.60. The molecule has 1 aliphatic rings. The summed E-state index contributed by atoms with van der Waals surface area (Å²) >= 11 is 0. The lowest BCUT2D eigenvalue weighted by Gasteiger charge is -2.20. The highest BCUT2D eigenvalue weighted by Gasteiger charge is 2.14. The molecule has 0 amide bonds. The lowest BCUT2D eigenvalue weighted by atomic mass is 9.90. The molecule has 0 atom stereocenters. The summed E-state index contributed by atoms with van der Waals surface area (Å²) in [5, 5.41) is 3.53. The molecule has 0 saturated carbocycles. The molecular formula is C22H23N3O. The Hall–Kier alpha value is -2.88. The van der Waals surface area contributed by atoms with Crippen molar-refractivity contribution in [3.05, 3.63) is 65.5 Å². The number of rotatable bonds is 4. The first-order chi connectivity index (χ1) is 12.7. The van der Waals surface area contributed by atoms with Crippen LogP contribution in [-0.2, 0) is 12.8 Å². The monoisotopic (exact) mass is 345 g/mol. The minimum Gasteiger partial charge on any atom is -0.497 e. The zero-order valence-electron chi connectivity index (χ0n) is 15.2. The summed E-state index contributed by atoms with van der Waals surface area (Å²) in [7, 11) is 1.68. The molecule has 3 aromatic rings. The van der Waals surface area contributed by atoms with Crippen LogP contribution in [0.4, 0.5) is 11.5 Å². The van der Waals surface area contributed by atoms with Crippen LogP contribution >= 0.6 is 0 Å². The van der Waals surface area contributed by atoms with Gasteiger partial charge in [0.2, 0.25) is 0 Å². The predicted octanol–water partition coefficient (Wildman–Crippen LogP) is 5.08. The maximum Gasteiger partial charge on any atom is 0.134 e. The molecular weight excluding hydrogens is 322 g/mol. The summed E-state index contributed by atoms with van der Waals surface area (Å²) in [5.41, 5.74) is 5.96. The van der Waals surface area contributed by atoms with Gasteiger partial charge in [-0.25, -0.2) is 9.97 Å². The van der Waals surface area contributed by atoms with Gasteiger partial charge in [-0.3, -0.25) is 0 Å². The third-order valence-corrected chi connectivity index (χ3v) is 4.86. The SMILES string of the molecule is COc1cccc(-c2cc(Nc3cccc4c3CCCC4)nc(C)n2)c1. The fraction of sp³-hybridized carbons (Fsp3) is 0.273. The van der Waals surface area contributed by atoms with E-state index in [-0.39, 0.29) is 0 Å². The van der Waals surface area contributed by atoms with Crippen LogP contribution < -0.4 is 10.1 Å². The lowest BCUT2D eigenvalue weighted by molar-refractivity contribution is 0.415. The van der Waals surface area contributed by atoms with Crippen molar-refractivity contribution in [3.63, 3.8) is 0 Å². The highest BCUT2D eigenvalue weighted by atomic mass is 16.5. The minimum atomic E-state index is 0.748. The molecule has 1 aliphatic carbocycles. The average molecular weight is 345 g/mol. The number of aromatic nitrogens is 2. The highest BCUT2D eigenvalue weighted by Crippen LogP contribution is 2.31. The van der Waals surface area contributed by atoms with E-state index in [1.165, 1.54) is 30.4 Å². The second kappa shape index (κ2) is 7.16. The zero-order chi connectivity index (χ0) is 17.9. The molecule has 4 nitrogen and oxygen atoms in total. The Morgan fingerprint density at radius 3 is 2.69 bits per heavy atom. The molecule has 1 N–H and O–H groups in total. The van der Waals surface area contributed by atoms with Crippen molar-refractivity contribution >= 4 is 11.5 Å². The molecule has 1 heterocycles. The van der Waals surface area contributed by atoms with E-state index in [4.69, 9.17) is 4.74 Å². The Labute approximate surface area is 154 Å². The van der Waals surface area contributed by atoms with Crippen molar-refractivity contribution in [1.29, 1.82) is 0 Å². The Balaban J connectivity index is 1.69. The number of methoxy groups -OCH3 is 1. The van der Waals surface area contributed by atoms with Crippen LogP contribution in [0.3, 0.4) is 0 Å². The van der Waals surface area contributed by atoms with Crippen LogP contribution in [0.1, 0.15) is 29.8 Å². The maximum atomic E-state index is 5.34. The third-order valence-electron chi connectivity index (χ3n) is 4.86. The summed E-state index contributed by atoms with van der Waals surface area (Å²) < 4.78 is 5.34. The van der Waals surface area contributed by atoms with Crippen molar-refractivity contribution in [2.45, 2.75) is 32.6 Å². The molecule has 0 radical (unpaired) electrons. The van der Waals surface area contributed by atoms with E-state index >= 15 is 0 Å². The fourth-order valence-corrected chi connectivity index (χ4v) is 3.60. The van der Waals surface area contributed by atoms with Gasteiger partial charge < -0.3 is 10.1 Å². The van der Waals surface area contributed by atoms with Gasteiger partial charge in [0, 0.05) is 17.3 Å². The number of nitrogens with zero attached hydrogens (tertiary/aromatic N) is 2. The number of nitrogens with one attached hydrogen (secondary N) is 1. The molecule has 4 heteroatoms. The van der Waals surface area contributed by atoms with Crippen LogP contribution in [-0.4, -0.2) is 17.1 Å². The number of anilines is 2. The van der Waals surface area contributed by atoms with Gasteiger partial charge in [-0.2, -0.15) is 0 Å². The van der Waals surface area contributed by atoms with Crippen molar-refractivity contribution < 1.29 is 4.74 Å². The summed E-state index contributed by atoms with van der Waals surface area (Å²) in [5.74, 6) is 2.40. The molecule has 0 fully saturated rings. The maximum absolute atomic E-state index is 5.34. The Morgan fingerprint density at radius 2 is 1.81 bits per heavy atom. The number of benzene rings is 2. The van der Waals surface area contributed by atoms with E-state index in [1.54, 1.807) is 7.11 Å². The zero-order valence-corrected chi connectivity index (χ0v) is 15.2. The van der Waals surface area contributed by atoms with Crippen LogP contribution in [0.5, 0.6) is 5.75 Å². The summed E-state index contributed by atoms with van der Waals surface area (Å²) in [6.45, 7) is 1.93. The highest BCUT2D eigenvalue weighted by molar-refractivity contribution is 5.68. The summed E-state index contributed by atoms with van der Waals surface area (Å²) in [6, 6.07) is 16.5. The van der Waals surface area contributed by atoms with Gasteiger partial charge in [0.25, 0.3) is 0 Å². The number of hydrogen-bond acceptors (Lipinski definition) is 4. The van der Waals surface area contributed by atoms with E-state index in [0.29, 0.717) is 0 Å². The summed E-state index contributed by atoms with van der Waals surface area (Å²) in [6.07, 6.45) is 4.83. The van der Waals surface area contributed by atoms with E-state index in [1.807, 2.05) is 37.3 Å². The first-order valence-electron chi connectivity index (χ1n) is 9.11. The third kappa shape index (κ3) is 3.40. The standard InChI is InChI=1S/C22H23N3O/c1-15-23-21(17-9-5-10-18(13-17)26-2)14-22(24-15)25-20-12-6-8-16-7-3-4-11-19(16)20/h5-6,8-10,12-14H,3-4,7,11H2,1-2H3,(H,23,24,25). The summed E-state index contributed by atoms with van der Waals surface area (Å²) in [4.78, 5) is 9.19. The predicted molar refractivity (Wildman–Crippen MR) is 105 cm³/mol. The van der Waals surface area contributed by atoms with Gasteiger partial charge in [-0.1, -0.05) is 24.3 Å². The van der Waals surface area contributed by atoms with Crippen molar-refractivity contribution in [3.8, 4) is 17.0 Å². The van der Waals surface area contributed by atoms with Crippen LogP contribution in [0, 0.1) is 6.92 Å². The van der Waals surface area contributed by atoms with Gasteiger partial charge >= 0.3 is 0 Å². The topological polar surface area (TPSA) is 47.0 Å². The molecule has 0 bridgehead atoms. The second-order valence-corrected chi connectivity index (χ2v) is 6.69. The number of ether oxygens (including phenoxy) is 1. The quantitative estimate of drug-likeness (QED) is 0.716. The number of aryl methyl sites for hydroxylation is 2. The second-order valence-electron chi connectivity index (χ2n) is 6.69. The minimum absolute atomic E-state index is 0.748. The number of fused-ring (bicyclic) bond motifs is 1. The first kappa shape index (κ1) is 16.6. The molecule has 0 spiro atoms. The Bertz CT molecular complexity index is 936. The van der Waals surface area contributed by atoms with Gasteiger partial charge in [0.05, 0.1) is 12.8 Å². The van der Waals surface area contributed by atoms with Crippen LogP contribution in [0.2, 0.25) is 0 Å². The molecule has 0 saturated heterocycles.